The third-order valence-corrected chi connectivity index (χ3v) is 4.90. The number of carbonyl (C=O) groups excluding carboxylic acids is 1. The maximum atomic E-state index is 12.5. The summed E-state index contributed by atoms with van der Waals surface area (Å²) in [6.45, 7) is 9.68. The Labute approximate surface area is 138 Å². The molecule has 1 aliphatic rings. The first-order chi connectivity index (χ1) is 11.0. The van der Waals surface area contributed by atoms with Crippen molar-refractivity contribution in [3.63, 3.8) is 0 Å². The standard InChI is InChI=1S/C19H27N3O/c1-13(2)19-20-16-5-4-15(12-17(16)21-19)18(23)8-11-22-9-6-14(3)7-10-22/h4-5,12-14H,6-11H2,1-3H3,(H,20,21). The van der Waals surface area contributed by atoms with Crippen LogP contribution < -0.4 is 0 Å². The summed E-state index contributed by atoms with van der Waals surface area (Å²) in [5, 5.41) is 0. The summed E-state index contributed by atoms with van der Waals surface area (Å²) >= 11 is 0. The van der Waals surface area contributed by atoms with Crippen molar-refractivity contribution < 1.29 is 4.79 Å². The first-order valence-corrected chi connectivity index (χ1v) is 8.78. The molecule has 1 fully saturated rings. The van der Waals surface area contributed by atoms with Crippen LogP contribution in [-0.2, 0) is 0 Å². The van der Waals surface area contributed by atoms with E-state index in [1.165, 1.54) is 12.8 Å². The fourth-order valence-corrected chi connectivity index (χ4v) is 3.17. The van der Waals surface area contributed by atoms with Crippen molar-refractivity contribution in [2.75, 3.05) is 19.6 Å². The first kappa shape index (κ1) is 16.2. The van der Waals surface area contributed by atoms with Crippen molar-refractivity contribution in [3.05, 3.63) is 29.6 Å². The number of rotatable bonds is 5. The summed E-state index contributed by atoms with van der Waals surface area (Å²) in [5.41, 5.74) is 2.70. The average molecular weight is 313 g/mol. The Kier molecular flexibility index (Phi) is 4.81. The highest BCUT2D eigenvalue weighted by atomic mass is 16.1. The molecule has 1 aromatic carbocycles. The number of benzene rings is 1. The summed E-state index contributed by atoms with van der Waals surface area (Å²) in [6, 6.07) is 5.82. The molecule has 0 unspecified atom stereocenters. The highest BCUT2D eigenvalue weighted by Gasteiger charge is 2.17. The van der Waals surface area contributed by atoms with Crippen LogP contribution in [0.25, 0.3) is 11.0 Å². The normalized spacial score (nSPS) is 17.2. The van der Waals surface area contributed by atoms with Crippen LogP contribution in [-0.4, -0.2) is 40.3 Å². The molecule has 1 N–H and O–H groups in total. The van der Waals surface area contributed by atoms with Gasteiger partial charge < -0.3 is 9.88 Å². The second-order valence-electron chi connectivity index (χ2n) is 7.21. The second-order valence-corrected chi connectivity index (χ2v) is 7.21. The van der Waals surface area contributed by atoms with Crippen LogP contribution in [0.15, 0.2) is 18.2 Å². The fraction of sp³-hybridized carbons (Fsp3) is 0.579. The summed E-state index contributed by atoms with van der Waals surface area (Å²) in [7, 11) is 0. The zero-order valence-corrected chi connectivity index (χ0v) is 14.4. The van der Waals surface area contributed by atoms with Gasteiger partial charge in [0, 0.05) is 24.4 Å². The van der Waals surface area contributed by atoms with E-state index < -0.39 is 0 Å². The lowest BCUT2D eigenvalue weighted by Crippen LogP contribution is -2.34. The zero-order valence-electron chi connectivity index (χ0n) is 14.4. The molecule has 3 rings (SSSR count). The minimum Gasteiger partial charge on any atom is -0.342 e. The highest BCUT2D eigenvalue weighted by Crippen LogP contribution is 2.20. The van der Waals surface area contributed by atoms with E-state index in [2.05, 4.69) is 35.6 Å². The number of fused-ring (bicyclic) bond motifs is 1. The number of ketones is 1. The van der Waals surface area contributed by atoms with E-state index in [1.807, 2.05) is 18.2 Å². The Balaban J connectivity index is 1.63. The number of piperidine rings is 1. The van der Waals surface area contributed by atoms with Gasteiger partial charge in [0.1, 0.15) is 5.82 Å². The number of hydrogen-bond donors (Lipinski definition) is 1. The number of aromatic nitrogens is 2. The van der Waals surface area contributed by atoms with Crippen molar-refractivity contribution in [1.29, 1.82) is 0 Å². The van der Waals surface area contributed by atoms with E-state index in [4.69, 9.17) is 0 Å². The first-order valence-electron chi connectivity index (χ1n) is 8.78. The number of likely N-dealkylation sites (tertiary alicyclic amines) is 1. The zero-order chi connectivity index (χ0) is 16.4. The van der Waals surface area contributed by atoms with Gasteiger partial charge >= 0.3 is 0 Å². The number of Topliss-reactive ketones (excluding diaryl/α,β-unsaturated/α-hetero) is 1. The molecule has 0 spiro atoms. The molecule has 0 atom stereocenters. The number of aromatic amines is 1. The van der Waals surface area contributed by atoms with Crippen LogP contribution in [0, 0.1) is 5.92 Å². The monoisotopic (exact) mass is 313 g/mol. The van der Waals surface area contributed by atoms with Crippen LogP contribution in [0.2, 0.25) is 0 Å². The molecule has 4 heteroatoms. The molecule has 0 radical (unpaired) electrons. The van der Waals surface area contributed by atoms with Crippen molar-refractivity contribution >= 4 is 16.8 Å². The molecule has 2 aromatic rings. The van der Waals surface area contributed by atoms with E-state index in [0.717, 1.165) is 48.0 Å². The van der Waals surface area contributed by atoms with Crippen LogP contribution >= 0.6 is 0 Å². The largest absolute Gasteiger partial charge is 0.342 e. The maximum Gasteiger partial charge on any atom is 0.164 e. The van der Waals surface area contributed by atoms with Gasteiger partial charge in [0.15, 0.2) is 5.78 Å². The van der Waals surface area contributed by atoms with Crippen molar-refractivity contribution in [2.45, 2.75) is 46.0 Å². The van der Waals surface area contributed by atoms with Crippen LogP contribution in [0.5, 0.6) is 0 Å². The average Bonchev–Trinajstić information content (AvgIpc) is 2.97. The smallest absolute Gasteiger partial charge is 0.164 e. The van der Waals surface area contributed by atoms with Gasteiger partial charge in [-0.15, -0.1) is 0 Å². The molecule has 0 saturated carbocycles. The van der Waals surface area contributed by atoms with E-state index in [1.54, 1.807) is 0 Å². The molecule has 1 aromatic heterocycles. The van der Waals surface area contributed by atoms with Crippen molar-refractivity contribution in [2.24, 2.45) is 5.92 Å². The van der Waals surface area contributed by atoms with Gasteiger partial charge in [-0.05, 0) is 50.0 Å². The second kappa shape index (κ2) is 6.83. The SMILES string of the molecule is CC1CCN(CCC(=O)c2ccc3nc(C(C)C)[nH]c3c2)CC1. The van der Waals surface area contributed by atoms with Gasteiger partial charge in [-0.1, -0.05) is 20.8 Å². The molecule has 2 heterocycles. The van der Waals surface area contributed by atoms with Gasteiger partial charge in [-0.3, -0.25) is 4.79 Å². The van der Waals surface area contributed by atoms with E-state index in [-0.39, 0.29) is 5.78 Å². The summed E-state index contributed by atoms with van der Waals surface area (Å²) in [5.74, 6) is 2.40. The van der Waals surface area contributed by atoms with Gasteiger partial charge in [0.25, 0.3) is 0 Å². The van der Waals surface area contributed by atoms with Gasteiger partial charge in [0.2, 0.25) is 0 Å². The van der Waals surface area contributed by atoms with Crippen molar-refractivity contribution in [3.8, 4) is 0 Å². The summed E-state index contributed by atoms with van der Waals surface area (Å²) in [4.78, 5) is 22.8. The van der Waals surface area contributed by atoms with Gasteiger partial charge in [-0.2, -0.15) is 0 Å². The summed E-state index contributed by atoms with van der Waals surface area (Å²) < 4.78 is 0. The topological polar surface area (TPSA) is 49.0 Å². The third-order valence-electron chi connectivity index (χ3n) is 4.90. The molecule has 0 bridgehead atoms. The van der Waals surface area contributed by atoms with Gasteiger partial charge in [-0.25, -0.2) is 4.98 Å². The van der Waals surface area contributed by atoms with E-state index >= 15 is 0 Å². The molecule has 124 valence electrons. The lowest BCUT2D eigenvalue weighted by molar-refractivity contribution is 0.0953. The van der Waals surface area contributed by atoms with E-state index in [0.29, 0.717) is 12.3 Å². The predicted molar refractivity (Wildman–Crippen MR) is 94.0 cm³/mol. The van der Waals surface area contributed by atoms with Crippen LogP contribution in [0.1, 0.15) is 62.1 Å². The maximum absolute atomic E-state index is 12.5. The molecule has 4 nitrogen and oxygen atoms in total. The molecular formula is C19H27N3O. The Morgan fingerprint density at radius 2 is 2.09 bits per heavy atom. The minimum absolute atomic E-state index is 0.228. The molecule has 1 saturated heterocycles. The van der Waals surface area contributed by atoms with Crippen LogP contribution in [0.3, 0.4) is 0 Å². The van der Waals surface area contributed by atoms with E-state index in [9.17, 15) is 4.79 Å². The molecule has 1 aliphatic heterocycles. The number of nitrogens with zero attached hydrogens (tertiary/aromatic N) is 2. The number of H-pyrrole nitrogens is 1. The lowest BCUT2D eigenvalue weighted by atomic mass is 9.99. The molecule has 23 heavy (non-hydrogen) atoms. The Hall–Kier alpha value is -1.68. The Bertz CT molecular complexity index is 681. The van der Waals surface area contributed by atoms with Crippen molar-refractivity contribution in [1.82, 2.24) is 14.9 Å². The molecule has 0 amide bonds. The third kappa shape index (κ3) is 3.81. The Morgan fingerprint density at radius 3 is 2.78 bits per heavy atom. The predicted octanol–water partition coefficient (Wildman–Crippen LogP) is 3.99. The highest BCUT2D eigenvalue weighted by molar-refractivity contribution is 5.99. The quantitative estimate of drug-likeness (QED) is 0.849. The molecule has 0 aliphatic carbocycles. The number of nitrogens with one attached hydrogen (secondary N) is 1. The number of carbonyl (C=O) groups is 1. The number of hydrogen-bond acceptors (Lipinski definition) is 3. The summed E-state index contributed by atoms with van der Waals surface area (Å²) in [6.07, 6.45) is 3.11. The Morgan fingerprint density at radius 1 is 1.35 bits per heavy atom. The van der Waals surface area contributed by atoms with Gasteiger partial charge in [0.05, 0.1) is 11.0 Å². The fourth-order valence-electron chi connectivity index (χ4n) is 3.17. The number of imidazole rings is 1. The molecular weight excluding hydrogens is 286 g/mol. The van der Waals surface area contributed by atoms with Crippen LogP contribution in [0.4, 0.5) is 0 Å². The lowest BCUT2D eigenvalue weighted by Gasteiger charge is -2.29. The minimum atomic E-state index is 0.228.